The maximum Gasteiger partial charge on any atom is 0.326 e. The SMILES string of the molecule is Cc1ccc(CCC(=O)NCC(=O)NC(C(=O)O)C2CCCOC2)cc1. The number of aryl methyl sites for hydroxylation is 2. The molecule has 1 heterocycles. The second-order valence-corrected chi connectivity index (χ2v) is 6.62. The minimum absolute atomic E-state index is 0.232. The molecule has 2 rings (SSSR count). The van der Waals surface area contributed by atoms with Crippen molar-refractivity contribution in [2.24, 2.45) is 5.92 Å². The van der Waals surface area contributed by atoms with Crippen LogP contribution in [-0.4, -0.2) is 48.7 Å². The summed E-state index contributed by atoms with van der Waals surface area (Å²) >= 11 is 0. The van der Waals surface area contributed by atoms with E-state index in [0.29, 0.717) is 26.1 Å². The average molecular weight is 362 g/mol. The molecule has 2 amide bonds. The van der Waals surface area contributed by atoms with Crippen LogP contribution in [0.2, 0.25) is 0 Å². The van der Waals surface area contributed by atoms with E-state index in [-0.39, 0.29) is 24.8 Å². The zero-order chi connectivity index (χ0) is 18.9. The quantitative estimate of drug-likeness (QED) is 0.641. The topological polar surface area (TPSA) is 105 Å². The van der Waals surface area contributed by atoms with Gasteiger partial charge in [0.25, 0.3) is 0 Å². The van der Waals surface area contributed by atoms with Crippen molar-refractivity contribution in [1.82, 2.24) is 10.6 Å². The molecule has 0 radical (unpaired) electrons. The van der Waals surface area contributed by atoms with E-state index in [2.05, 4.69) is 10.6 Å². The van der Waals surface area contributed by atoms with E-state index >= 15 is 0 Å². The predicted molar refractivity (Wildman–Crippen MR) is 95.6 cm³/mol. The van der Waals surface area contributed by atoms with Crippen LogP contribution in [0.3, 0.4) is 0 Å². The van der Waals surface area contributed by atoms with Gasteiger partial charge in [-0.05, 0) is 31.7 Å². The summed E-state index contributed by atoms with van der Waals surface area (Å²) in [5, 5.41) is 14.3. The van der Waals surface area contributed by atoms with Gasteiger partial charge >= 0.3 is 5.97 Å². The molecule has 142 valence electrons. The zero-order valence-electron chi connectivity index (χ0n) is 15.0. The van der Waals surface area contributed by atoms with Gasteiger partial charge in [-0.1, -0.05) is 29.8 Å². The maximum atomic E-state index is 12.0. The molecule has 7 nitrogen and oxygen atoms in total. The molecule has 1 aromatic carbocycles. The lowest BCUT2D eigenvalue weighted by Gasteiger charge is -2.28. The number of carboxylic acids is 1. The molecule has 1 fully saturated rings. The predicted octanol–water partition coefficient (Wildman–Crippen LogP) is 1.04. The Balaban J connectivity index is 1.73. The highest BCUT2D eigenvalue weighted by atomic mass is 16.5. The summed E-state index contributed by atoms with van der Waals surface area (Å²) in [6, 6.07) is 6.92. The minimum atomic E-state index is -1.08. The molecular weight excluding hydrogens is 336 g/mol. The van der Waals surface area contributed by atoms with Gasteiger partial charge in [0.1, 0.15) is 6.04 Å². The summed E-state index contributed by atoms with van der Waals surface area (Å²) in [4.78, 5) is 35.3. The third-order valence-electron chi connectivity index (χ3n) is 4.46. The van der Waals surface area contributed by atoms with Crippen LogP contribution >= 0.6 is 0 Å². The summed E-state index contributed by atoms with van der Waals surface area (Å²) < 4.78 is 5.29. The lowest BCUT2D eigenvalue weighted by molar-refractivity contribution is -0.145. The van der Waals surface area contributed by atoms with Crippen molar-refractivity contribution in [2.75, 3.05) is 19.8 Å². The monoisotopic (exact) mass is 362 g/mol. The lowest BCUT2D eigenvalue weighted by Crippen LogP contribution is -2.51. The molecule has 0 aliphatic carbocycles. The molecular formula is C19H26N2O5. The van der Waals surface area contributed by atoms with E-state index in [1.54, 1.807) is 0 Å². The van der Waals surface area contributed by atoms with Crippen LogP contribution in [0.4, 0.5) is 0 Å². The van der Waals surface area contributed by atoms with Crippen molar-refractivity contribution in [2.45, 2.75) is 38.6 Å². The Bertz CT molecular complexity index is 623. The molecule has 2 unspecified atom stereocenters. The number of carboxylic acid groups (broad SMARTS) is 1. The van der Waals surface area contributed by atoms with Crippen molar-refractivity contribution in [3.63, 3.8) is 0 Å². The molecule has 0 bridgehead atoms. The number of nitrogens with one attached hydrogen (secondary N) is 2. The summed E-state index contributed by atoms with van der Waals surface area (Å²) in [7, 11) is 0. The number of carbonyl (C=O) groups excluding carboxylic acids is 2. The standard InChI is InChI=1S/C19H26N2O5/c1-13-4-6-14(7-5-13)8-9-16(22)20-11-17(23)21-18(19(24)25)15-3-2-10-26-12-15/h4-7,15,18H,2-3,8-12H2,1H3,(H,20,22)(H,21,23)(H,24,25). The van der Waals surface area contributed by atoms with Gasteiger partial charge in [0.15, 0.2) is 0 Å². The number of benzene rings is 1. The van der Waals surface area contributed by atoms with Crippen LogP contribution in [0.25, 0.3) is 0 Å². The largest absolute Gasteiger partial charge is 0.480 e. The maximum absolute atomic E-state index is 12.0. The second kappa shape index (κ2) is 9.91. The molecule has 1 aliphatic heterocycles. The molecule has 26 heavy (non-hydrogen) atoms. The minimum Gasteiger partial charge on any atom is -0.480 e. The van der Waals surface area contributed by atoms with Gasteiger partial charge in [0.05, 0.1) is 13.2 Å². The molecule has 0 aromatic heterocycles. The summed E-state index contributed by atoms with van der Waals surface area (Å²) in [5.74, 6) is -2.08. The van der Waals surface area contributed by atoms with E-state index < -0.39 is 17.9 Å². The van der Waals surface area contributed by atoms with Crippen molar-refractivity contribution >= 4 is 17.8 Å². The van der Waals surface area contributed by atoms with E-state index in [1.807, 2.05) is 31.2 Å². The molecule has 1 aliphatic rings. The third kappa shape index (κ3) is 6.48. The first-order valence-corrected chi connectivity index (χ1v) is 8.88. The van der Waals surface area contributed by atoms with Gasteiger partial charge < -0.3 is 20.5 Å². The van der Waals surface area contributed by atoms with Gasteiger partial charge in [-0.15, -0.1) is 0 Å². The Labute approximate surface area is 153 Å². The summed E-state index contributed by atoms with van der Waals surface area (Å²) in [5.41, 5.74) is 2.21. The van der Waals surface area contributed by atoms with Gasteiger partial charge in [-0.3, -0.25) is 9.59 Å². The van der Waals surface area contributed by atoms with Gasteiger partial charge in [-0.25, -0.2) is 4.79 Å². The van der Waals surface area contributed by atoms with Gasteiger partial charge in [0, 0.05) is 18.9 Å². The number of hydrogen-bond donors (Lipinski definition) is 3. The first-order chi connectivity index (χ1) is 12.5. The highest BCUT2D eigenvalue weighted by Gasteiger charge is 2.31. The first kappa shape index (κ1) is 19.9. The highest BCUT2D eigenvalue weighted by Crippen LogP contribution is 2.17. The van der Waals surface area contributed by atoms with E-state index in [9.17, 15) is 19.5 Å². The van der Waals surface area contributed by atoms with E-state index in [1.165, 1.54) is 0 Å². The average Bonchev–Trinajstić information content (AvgIpc) is 2.64. The fraction of sp³-hybridized carbons (Fsp3) is 0.526. The van der Waals surface area contributed by atoms with Crippen LogP contribution < -0.4 is 10.6 Å². The molecule has 0 spiro atoms. The number of ether oxygens (including phenoxy) is 1. The Morgan fingerprint density at radius 2 is 1.96 bits per heavy atom. The van der Waals surface area contributed by atoms with Crippen molar-refractivity contribution in [1.29, 1.82) is 0 Å². The fourth-order valence-corrected chi connectivity index (χ4v) is 2.91. The molecule has 2 atom stereocenters. The molecule has 0 saturated carbocycles. The van der Waals surface area contributed by atoms with Crippen molar-refractivity contribution < 1.29 is 24.2 Å². The molecule has 1 saturated heterocycles. The number of amides is 2. The number of aliphatic carboxylic acids is 1. The van der Waals surface area contributed by atoms with E-state index in [0.717, 1.165) is 17.5 Å². The van der Waals surface area contributed by atoms with Crippen LogP contribution in [0.5, 0.6) is 0 Å². The van der Waals surface area contributed by atoms with Crippen molar-refractivity contribution in [3.8, 4) is 0 Å². The number of carbonyl (C=O) groups is 3. The smallest absolute Gasteiger partial charge is 0.326 e. The highest BCUT2D eigenvalue weighted by molar-refractivity contribution is 5.88. The molecule has 7 heteroatoms. The Morgan fingerprint density at radius 1 is 1.23 bits per heavy atom. The molecule has 3 N–H and O–H groups in total. The zero-order valence-corrected chi connectivity index (χ0v) is 15.0. The van der Waals surface area contributed by atoms with Crippen LogP contribution in [-0.2, 0) is 25.5 Å². The van der Waals surface area contributed by atoms with Crippen LogP contribution in [0, 0.1) is 12.8 Å². The fourth-order valence-electron chi connectivity index (χ4n) is 2.91. The van der Waals surface area contributed by atoms with Crippen LogP contribution in [0.15, 0.2) is 24.3 Å². The summed E-state index contributed by atoms with van der Waals surface area (Å²) in [6.07, 6.45) is 2.33. The lowest BCUT2D eigenvalue weighted by atomic mass is 9.93. The van der Waals surface area contributed by atoms with Crippen LogP contribution in [0.1, 0.15) is 30.4 Å². The van der Waals surface area contributed by atoms with Gasteiger partial charge in [-0.2, -0.15) is 0 Å². The first-order valence-electron chi connectivity index (χ1n) is 8.88. The van der Waals surface area contributed by atoms with Crippen molar-refractivity contribution in [3.05, 3.63) is 35.4 Å². The Hall–Kier alpha value is -2.41. The number of hydrogen-bond acceptors (Lipinski definition) is 4. The van der Waals surface area contributed by atoms with Gasteiger partial charge in [0.2, 0.25) is 11.8 Å². The normalized spacial score (nSPS) is 18.0. The number of rotatable bonds is 8. The molecule has 1 aromatic rings. The summed E-state index contributed by atoms with van der Waals surface area (Å²) in [6.45, 7) is 2.71. The second-order valence-electron chi connectivity index (χ2n) is 6.62. The third-order valence-corrected chi connectivity index (χ3v) is 4.46. The Kier molecular flexibility index (Phi) is 7.59. The Morgan fingerprint density at radius 3 is 2.58 bits per heavy atom. The van der Waals surface area contributed by atoms with E-state index in [4.69, 9.17) is 4.74 Å².